The maximum Gasteiger partial charge on any atom is 0.259 e. The SMILES string of the molecule is C=C(NCC)C1=NC=CC/C1=C\NC/C(N)=C/C(C)=C(\N)CCC(F)(F)P. The Labute approximate surface area is 162 Å². The smallest absolute Gasteiger partial charge is 0.259 e. The van der Waals surface area contributed by atoms with E-state index in [0.717, 1.165) is 29.9 Å². The van der Waals surface area contributed by atoms with Gasteiger partial charge < -0.3 is 22.1 Å². The van der Waals surface area contributed by atoms with Crippen LogP contribution in [0.3, 0.4) is 0 Å². The summed E-state index contributed by atoms with van der Waals surface area (Å²) in [6.07, 6.45) is 7.84. The zero-order valence-corrected chi connectivity index (χ0v) is 17.1. The first-order valence-electron chi connectivity index (χ1n) is 8.80. The van der Waals surface area contributed by atoms with E-state index in [1.165, 1.54) is 9.24 Å². The van der Waals surface area contributed by atoms with E-state index in [-0.39, 0.29) is 12.8 Å². The second-order valence-electron chi connectivity index (χ2n) is 6.31. The molecule has 0 aliphatic carbocycles. The minimum Gasteiger partial charge on any atom is -0.402 e. The summed E-state index contributed by atoms with van der Waals surface area (Å²) in [7, 11) is 1.52. The third kappa shape index (κ3) is 8.87. The first-order valence-corrected chi connectivity index (χ1v) is 9.38. The number of alkyl halides is 2. The van der Waals surface area contributed by atoms with Gasteiger partial charge >= 0.3 is 0 Å². The van der Waals surface area contributed by atoms with Crippen molar-refractivity contribution in [3.8, 4) is 0 Å². The Bertz CT molecular complexity index is 685. The molecule has 6 N–H and O–H groups in total. The molecule has 8 heteroatoms. The molecule has 0 spiro atoms. The summed E-state index contributed by atoms with van der Waals surface area (Å²) in [6.45, 7) is 8.93. The minimum absolute atomic E-state index is 0.113. The number of hydrogen-bond donors (Lipinski definition) is 4. The van der Waals surface area contributed by atoms with Gasteiger partial charge in [0.25, 0.3) is 5.66 Å². The van der Waals surface area contributed by atoms with E-state index >= 15 is 0 Å². The Morgan fingerprint density at radius 1 is 1.44 bits per heavy atom. The highest BCUT2D eigenvalue weighted by Crippen LogP contribution is 2.29. The van der Waals surface area contributed by atoms with Gasteiger partial charge in [0.2, 0.25) is 0 Å². The van der Waals surface area contributed by atoms with Crippen molar-refractivity contribution < 1.29 is 8.78 Å². The first-order chi connectivity index (χ1) is 12.6. The predicted molar refractivity (Wildman–Crippen MR) is 113 cm³/mol. The molecule has 1 aliphatic heterocycles. The fraction of sp³-hybridized carbons (Fsp3) is 0.421. The molecule has 0 amide bonds. The second kappa shape index (κ2) is 10.9. The quantitative estimate of drug-likeness (QED) is 0.337. The Kier molecular flexibility index (Phi) is 9.22. The summed E-state index contributed by atoms with van der Waals surface area (Å²) < 4.78 is 25.8. The van der Waals surface area contributed by atoms with Crippen LogP contribution in [0.4, 0.5) is 8.78 Å². The van der Waals surface area contributed by atoms with Gasteiger partial charge in [-0.25, -0.2) is 8.78 Å². The van der Waals surface area contributed by atoms with Gasteiger partial charge in [-0.15, -0.1) is 0 Å². The largest absolute Gasteiger partial charge is 0.402 e. The average Bonchev–Trinajstić information content (AvgIpc) is 2.59. The van der Waals surface area contributed by atoms with E-state index in [1.54, 1.807) is 19.2 Å². The van der Waals surface area contributed by atoms with Gasteiger partial charge in [0.05, 0.1) is 18.0 Å². The fourth-order valence-corrected chi connectivity index (χ4v) is 2.54. The fourth-order valence-electron chi connectivity index (χ4n) is 2.40. The lowest BCUT2D eigenvalue weighted by atomic mass is 10.0. The highest BCUT2D eigenvalue weighted by Gasteiger charge is 2.20. The molecule has 27 heavy (non-hydrogen) atoms. The van der Waals surface area contributed by atoms with Crippen LogP contribution in [0.2, 0.25) is 0 Å². The monoisotopic (exact) mass is 397 g/mol. The number of nitrogens with two attached hydrogens (primary N) is 2. The normalized spacial score (nSPS) is 17.4. The molecule has 1 heterocycles. The Balaban J connectivity index is 2.67. The standard InChI is InChI=1S/C19H30F2N5P/c1-4-25-14(3)18-15(6-5-9-26-18)11-24-12-16(22)10-13(2)17(23)7-8-19(20,21)27/h5,9-11,24-25H,3-4,6-8,12,22-23,27H2,1-2H3/b15-11+,16-10-,17-13-. The number of nitrogens with zero attached hydrogens (tertiary/aromatic N) is 1. The van der Waals surface area contributed by atoms with Crippen molar-refractivity contribution in [2.24, 2.45) is 16.5 Å². The number of halogens is 2. The van der Waals surface area contributed by atoms with Crippen LogP contribution in [0.1, 0.15) is 33.1 Å². The highest BCUT2D eigenvalue weighted by molar-refractivity contribution is 7.18. The molecule has 0 fully saturated rings. The lowest BCUT2D eigenvalue weighted by Gasteiger charge is -2.16. The van der Waals surface area contributed by atoms with Crippen molar-refractivity contribution in [3.63, 3.8) is 0 Å². The molecule has 0 aromatic carbocycles. The average molecular weight is 397 g/mol. The third-order valence-electron chi connectivity index (χ3n) is 3.85. The Hall–Kier alpha value is -2.14. The van der Waals surface area contributed by atoms with Crippen molar-refractivity contribution in [1.29, 1.82) is 0 Å². The zero-order valence-electron chi connectivity index (χ0n) is 16.0. The number of nitrogens with one attached hydrogen (secondary N) is 2. The lowest BCUT2D eigenvalue weighted by molar-refractivity contribution is 0.0945. The molecule has 0 radical (unpaired) electrons. The number of aliphatic imine (C=N–C) groups is 1. The zero-order chi connectivity index (χ0) is 20.4. The van der Waals surface area contributed by atoms with E-state index in [0.29, 0.717) is 23.5 Å². The molecule has 5 nitrogen and oxygen atoms in total. The van der Waals surface area contributed by atoms with Crippen molar-refractivity contribution >= 4 is 15.0 Å². The van der Waals surface area contributed by atoms with Crippen molar-refractivity contribution in [1.82, 2.24) is 10.6 Å². The summed E-state index contributed by atoms with van der Waals surface area (Å²) in [5, 5.41) is 6.32. The van der Waals surface area contributed by atoms with Gasteiger partial charge in [-0.3, -0.25) is 4.99 Å². The van der Waals surface area contributed by atoms with E-state index in [9.17, 15) is 8.78 Å². The summed E-state index contributed by atoms with van der Waals surface area (Å²) in [5.41, 5.74) is 13.3. The molecule has 1 unspecified atom stereocenters. The topological polar surface area (TPSA) is 88.5 Å². The van der Waals surface area contributed by atoms with Crippen molar-refractivity contribution in [2.75, 3.05) is 13.1 Å². The molecule has 0 aromatic rings. The Morgan fingerprint density at radius 2 is 2.15 bits per heavy atom. The predicted octanol–water partition coefficient (Wildman–Crippen LogP) is 3.26. The van der Waals surface area contributed by atoms with Gasteiger partial charge in [0.1, 0.15) is 0 Å². The molecule has 1 rings (SSSR count). The van der Waals surface area contributed by atoms with E-state index < -0.39 is 5.66 Å². The summed E-state index contributed by atoms with van der Waals surface area (Å²) in [6, 6.07) is 0. The van der Waals surface area contributed by atoms with Crippen LogP contribution >= 0.6 is 9.24 Å². The summed E-state index contributed by atoms with van der Waals surface area (Å²) >= 11 is 0. The van der Waals surface area contributed by atoms with Crippen LogP contribution in [0.15, 0.2) is 64.4 Å². The molecule has 150 valence electrons. The van der Waals surface area contributed by atoms with E-state index in [2.05, 4.69) is 22.2 Å². The number of allylic oxidation sites excluding steroid dienone is 5. The first kappa shape index (κ1) is 22.9. The van der Waals surface area contributed by atoms with Gasteiger partial charge in [-0.1, -0.05) is 21.9 Å². The van der Waals surface area contributed by atoms with Gasteiger partial charge in [-0.05, 0) is 43.9 Å². The highest BCUT2D eigenvalue weighted by atomic mass is 31.0. The van der Waals surface area contributed by atoms with E-state index in [4.69, 9.17) is 11.5 Å². The third-order valence-corrected chi connectivity index (χ3v) is 4.13. The molecular weight excluding hydrogens is 367 g/mol. The van der Waals surface area contributed by atoms with Crippen molar-refractivity contribution in [3.05, 3.63) is 59.4 Å². The van der Waals surface area contributed by atoms with Gasteiger partial charge in [0.15, 0.2) is 0 Å². The second-order valence-corrected chi connectivity index (χ2v) is 7.16. The number of rotatable bonds is 10. The molecule has 0 saturated heterocycles. The van der Waals surface area contributed by atoms with Crippen LogP contribution in [0.25, 0.3) is 0 Å². The maximum absolute atomic E-state index is 12.9. The molecule has 0 saturated carbocycles. The number of hydrogen-bond acceptors (Lipinski definition) is 5. The molecule has 0 aromatic heterocycles. The maximum atomic E-state index is 12.9. The molecular formula is C19H30F2N5P. The molecule has 1 aliphatic rings. The van der Waals surface area contributed by atoms with Crippen LogP contribution in [-0.2, 0) is 0 Å². The van der Waals surface area contributed by atoms with Crippen LogP contribution in [-0.4, -0.2) is 24.5 Å². The van der Waals surface area contributed by atoms with Crippen LogP contribution < -0.4 is 22.1 Å². The minimum atomic E-state index is -2.81. The van der Waals surface area contributed by atoms with Gasteiger partial charge in [0, 0.05) is 36.8 Å². The molecule has 1 atom stereocenters. The summed E-state index contributed by atoms with van der Waals surface area (Å²) in [4.78, 5) is 4.37. The van der Waals surface area contributed by atoms with Gasteiger partial charge in [-0.2, -0.15) is 0 Å². The lowest BCUT2D eigenvalue weighted by Crippen LogP contribution is -2.23. The molecule has 0 bridgehead atoms. The van der Waals surface area contributed by atoms with Crippen LogP contribution in [0, 0.1) is 0 Å². The Morgan fingerprint density at radius 3 is 2.78 bits per heavy atom. The van der Waals surface area contributed by atoms with Crippen LogP contribution in [0.5, 0.6) is 0 Å². The summed E-state index contributed by atoms with van der Waals surface area (Å²) in [5.74, 6) is 0. The van der Waals surface area contributed by atoms with E-state index in [1.807, 2.05) is 19.2 Å². The van der Waals surface area contributed by atoms with Crippen molar-refractivity contribution in [2.45, 2.75) is 38.8 Å².